The minimum absolute atomic E-state index is 0.130. The van der Waals surface area contributed by atoms with E-state index < -0.39 is 0 Å². The summed E-state index contributed by atoms with van der Waals surface area (Å²) in [6, 6.07) is 8.18. The fourth-order valence-corrected chi connectivity index (χ4v) is 2.94. The first-order valence-electron chi connectivity index (χ1n) is 8.03. The van der Waals surface area contributed by atoms with E-state index in [1.54, 1.807) is 30.5 Å². The van der Waals surface area contributed by atoms with E-state index in [4.69, 9.17) is 9.47 Å². The number of hydrogen-bond donors (Lipinski definition) is 0. The molecular weight excluding hydrogens is 340 g/mol. The van der Waals surface area contributed by atoms with E-state index in [-0.39, 0.29) is 18.1 Å². The molecule has 0 radical (unpaired) electrons. The molecular formula is C18H18N2O4S. The first kappa shape index (κ1) is 17.2. The van der Waals surface area contributed by atoms with Crippen LogP contribution in [0.5, 0.6) is 5.75 Å². The van der Waals surface area contributed by atoms with Crippen LogP contribution >= 0.6 is 11.3 Å². The summed E-state index contributed by atoms with van der Waals surface area (Å²) in [6.07, 6.45) is 3.53. The molecule has 2 aromatic heterocycles. The summed E-state index contributed by atoms with van der Waals surface area (Å²) >= 11 is 1.40. The Bertz CT molecular complexity index is 915. The highest BCUT2D eigenvalue weighted by molar-refractivity contribution is 7.15. The number of ether oxygens (including phenoxy) is 2. The van der Waals surface area contributed by atoms with Gasteiger partial charge in [0.2, 0.25) is 0 Å². The molecule has 7 heteroatoms. The second-order valence-electron chi connectivity index (χ2n) is 5.44. The van der Waals surface area contributed by atoms with Crippen LogP contribution in [0.25, 0.3) is 4.96 Å². The maximum absolute atomic E-state index is 11.9. The number of thiazole rings is 1. The number of aromatic nitrogens is 2. The van der Waals surface area contributed by atoms with E-state index in [9.17, 15) is 9.59 Å². The van der Waals surface area contributed by atoms with Crippen molar-refractivity contribution in [3.8, 4) is 5.75 Å². The number of carbonyl (C=O) groups is 1. The van der Waals surface area contributed by atoms with Crippen molar-refractivity contribution in [1.29, 1.82) is 0 Å². The van der Waals surface area contributed by atoms with Gasteiger partial charge in [0.25, 0.3) is 5.56 Å². The summed E-state index contributed by atoms with van der Waals surface area (Å²) in [7, 11) is 0. The number of carbonyl (C=O) groups excluding carboxylic acids is 1. The molecule has 0 saturated carbocycles. The molecule has 0 N–H and O–H groups in total. The van der Waals surface area contributed by atoms with Crippen molar-refractivity contribution in [3.05, 3.63) is 63.5 Å². The summed E-state index contributed by atoms with van der Waals surface area (Å²) in [5.74, 6) is 0.260. The Morgan fingerprint density at radius 2 is 2.08 bits per heavy atom. The molecule has 0 spiro atoms. The Hall–Kier alpha value is -2.67. The van der Waals surface area contributed by atoms with E-state index in [0.29, 0.717) is 28.6 Å². The van der Waals surface area contributed by atoms with Crippen LogP contribution in [0.3, 0.4) is 0 Å². The molecule has 0 saturated heterocycles. The van der Waals surface area contributed by atoms with E-state index in [1.807, 2.05) is 12.3 Å². The van der Waals surface area contributed by atoms with Crippen LogP contribution in [0.4, 0.5) is 0 Å². The Balaban J connectivity index is 1.61. The Morgan fingerprint density at radius 1 is 1.28 bits per heavy atom. The van der Waals surface area contributed by atoms with Gasteiger partial charge in [0, 0.05) is 17.6 Å². The van der Waals surface area contributed by atoms with Gasteiger partial charge in [-0.3, -0.25) is 9.20 Å². The monoisotopic (exact) mass is 358 g/mol. The van der Waals surface area contributed by atoms with Crippen LogP contribution in [0.15, 0.2) is 46.7 Å². The fourth-order valence-electron chi connectivity index (χ4n) is 2.20. The standard InChI is InChI=1S/C18H18N2O4S/c1-2-3-9-23-17(22)13-4-6-15(7-5-13)24-12-14-11-16(21)20-8-10-25-18(20)19-14/h4-8,10-11H,2-3,9,12H2,1H3. The van der Waals surface area contributed by atoms with Crippen molar-refractivity contribution in [3.63, 3.8) is 0 Å². The highest BCUT2D eigenvalue weighted by Gasteiger charge is 2.08. The lowest BCUT2D eigenvalue weighted by Gasteiger charge is -2.07. The summed E-state index contributed by atoms with van der Waals surface area (Å²) < 4.78 is 12.3. The third kappa shape index (κ3) is 4.24. The summed E-state index contributed by atoms with van der Waals surface area (Å²) in [6.45, 7) is 2.66. The minimum atomic E-state index is -0.335. The second kappa shape index (κ2) is 7.94. The third-order valence-electron chi connectivity index (χ3n) is 3.56. The second-order valence-corrected chi connectivity index (χ2v) is 6.32. The Kier molecular flexibility index (Phi) is 5.45. The van der Waals surface area contributed by atoms with E-state index in [0.717, 1.165) is 12.8 Å². The molecule has 6 nitrogen and oxygen atoms in total. The number of nitrogens with zero attached hydrogens (tertiary/aromatic N) is 2. The SMILES string of the molecule is CCCCOC(=O)c1ccc(OCc2cc(=O)n3ccsc3n2)cc1. The molecule has 0 aliphatic carbocycles. The van der Waals surface area contributed by atoms with Crippen LogP contribution in [0, 0.1) is 0 Å². The zero-order valence-electron chi connectivity index (χ0n) is 13.8. The zero-order valence-corrected chi connectivity index (χ0v) is 14.6. The molecule has 3 aromatic rings. The van der Waals surface area contributed by atoms with Crippen molar-refractivity contribution in [2.75, 3.05) is 6.61 Å². The maximum atomic E-state index is 11.9. The number of rotatable bonds is 7. The van der Waals surface area contributed by atoms with Crippen molar-refractivity contribution < 1.29 is 14.3 Å². The average molecular weight is 358 g/mol. The fraction of sp³-hybridized carbons (Fsp3) is 0.278. The highest BCUT2D eigenvalue weighted by Crippen LogP contribution is 2.15. The maximum Gasteiger partial charge on any atom is 0.338 e. The van der Waals surface area contributed by atoms with Gasteiger partial charge >= 0.3 is 5.97 Å². The van der Waals surface area contributed by atoms with Crippen molar-refractivity contribution in [2.24, 2.45) is 0 Å². The van der Waals surface area contributed by atoms with Crippen LogP contribution in [-0.2, 0) is 11.3 Å². The molecule has 0 amide bonds. The lowest BCUT2D eigenvalue weighted by molar-refractivity contribution is 0.0499. The molecule has 0 atom stereocenters. The third-order valence-corrected chi connectivity index (χ3v) is 4.32. The number of benzene rings is 1. The van der Waals surface area contributed by atoms with Gasteiger partial charge in [0.05, 0.1) is 17.9 Å². The lowest BCUT2D eigenvalue weighted by Crippen LogP contribution is -2.14. The van der Waals surface area contributed by atoms with Crippen LogP contribution in [0.2, 0.25) is 0 Å². The molecule has 2 heterocycles. The van der Waals surface area contributed by atoms with Gasteiger partial charge in [-0.1, -0.05) is 13.3 Å². The van der Waals surface area contributed by atoms with E-state index >= 15 is 0 Å². The predicted molar refractivity (Wildman–Crippen MR) is 95.3 cm³/mol. The van der Waals surface area contributed by atoms with Crippen LogP contribution in [-0.4, -0.2) is 22.0 Å². The van der Waals surface area contributed by atoms with Crippen LogP contribution < -0.4 is 10.3 Å². The van der Waals surface area contributed by atoms with Crippen molar-refractivity contribution >= 4 is 22.3 Å². The topological polar surface area (TPSA) is 69.9 Å². The van der Waals surface area contributed by atoms with Gasteiger partial charge in [-0.15, -0.1) is 11.3 Å². The largest absolute Gasteiger partial charge is 0.487 e. The van der Waals surface area contributed by atoms with Gasteiger partial charge < -0.3 is 9.47 Å². The van der Waals surface area contributed by atoms with Gasteiger partial charge in [-0.25, -0.2) is 9.78 Å². The molecule has 1 aromatic carbocycles. The van der Waals surface area contributed by atoms with Crippen molar-refractivity contribution in [1.82, 2.24) is 9.38 Å². The quantitative estimate of drug-likeness (QED) is 0.479. The van der Waals surface area contributed by atoms with Crippen molar-refractivity contribution in [2.45, 2.75) is 26.4 Å². The normalized spacial score (nSPS) is 10.8. The minimum Gasteiger partial charge on any atom is -0.487 e. The van der Waals surface area contributed by atoms with E-state index in [2.05, 4.69) is 4.98 Å². The average Bonchev–Trinajstić information content (AvgIpc) is 3.10. The first-order chi connectivity index (χ1) is 12.2. The van der Waals surface area contributed by atoms with Crippen LogP contribution in [0.1, 0.15) is 35.8 Å². The molecule has 130 valence electrons. The predicted octanol–water partition coefficient (Wildman–Crippen LogP) is 3.29. The smallest absolute Gasteiger partial charge is 0.338 e. The van der Waals surface area contributed by atoms with Gasteiger partial charge in [0.1, 0.15) is 12.4 Å². The molecule has 0 fully saturated rings. The number of fused-ring (bicyclic) bond motifs is 1. The molecule has 25 heavy (non-hydrogen) atoms. The number of unbranched alkanes of at least 4 members (excludes halogenated alkanes) is 1. The Labute approximate surface area is 148 Å². The molecule has 0 unspecified atom stereocenters. The number of esters is 1. The van der Waals surface area contributed by atoms with Gasteiger partial charge in [0.15, 0.2) is 4.96 Å². The first-order valence-corrected chi connectivity index (χ1v) is 8.91. The number of hydrogen-bond acceptors (Lipinski definition) is 6. The van der Waals surface area contributed by atoms with Gasteiger partial charge in [-0.05, 0) is 30.7 Å². The zero-order chi connectivity index (χ0) is 17.6. The van der Waals surface area contributed by atoms with Gasteiger partial charge in [-0.2, -0.15) is 0 Å². The Morgan fingerprint density at radius 3 is 2.84 bits per heavy atom. The molecule has 0 bridgehead atoms. The molecule has 0 aliphatic heterocycles. The highest BCUT2D eigenvalue weighted by atomic mass is 32.1. The van der Waals surface area contributed by atoms with E-state index in [1.165, 1.54) is 21.8 Å². The lowest BCUT2D eigenvalue weighted by atomic mass is 10.2. The summed E-state index contributed by atoms with van der Waals surface area (Å²) in [5.41, 5.74) is 0.922. The molecule has 3 rings (SSSR count). The summed E-state index contributed by atoms with van der Waals surface area (Å²) in [4.78, 5) is 28.8. The summed E-state index contributed by atoms with van der Waals surface area (Å²) in [5, 5.41) is 1.81. The molecule has 0 aliphatic rings.